The molecule has 0 spiro atoms. The molecule has 0 saturated heterocycles. The van der Waals surface area contributed by atoms with E-state index in [2.05, 4.69) is 41.4 Å². The third kappa shape index (κ3) is 4.82. The normalized spacial score (nSPS) is 15.0. The molecule has 9 nitrogen and oxygen atoms in total. The minimum absolute atomic E-state index is 0.0293. The molecule has 4 aromatic carbocycles. The molecular formula is C35H31N7O2. The molecule has 0 amide bonds. The first-order chi connectivity index (χ1) is 21.5. The summed E-state index contributed by atoms with van der Waals surface area (Å²) < 4.78 is 1.85. The number of nitrogens with one attached hydrogen (secondary N) is 1. The van der Waals surface area contributed by atoms with Crippen molar-refractivity contribution in [2.75, 3.05) is 10.2 Å². The lowest BCUT2D eigenvalue weighted by Gasteiger charge is -2.40. The van der Waals surface area contributed by atoms with Gasteiger partial charge < -0.3 is 10.2 Å². The van der Waals surface area contributed by atoms with Crippen LogP contribution in [0.25, 0.3) is 5.69 Å². The first kappa shape index (κ1) is 27.3. The molecule has 1 atom stereocenters. The lowest BCUT2D eigenvalue weighted by molar-refractivity contribution is -0.384. The summed E-state index contributed by atoms with van der Waals surface area (Å²) in [6, 6.07) is 32.6. The van der Waals surface area contributed by atoms with Gasteiger partial charge in [-0.15, -0.1) is 0 Å². The first-order valence-corrected chi connectivity index (χ1v) is 14.8. The lowest BCUT2D eigenvalue weighted by Crippen LogP contribution is -2.46. The van der Waals surface area contributed by atoms with Crippen molar-refractivity contribution in [2.24, 2.45) is 9.98 Å². The molecule has 1 aromatic heterocycles. The number of aromatic nitrogens is 2. The molecule has 1 N–H and O–H groups in total. The summed E-state index contributed by atoms with van der Waals surface area (Å²) in [7, 11) is 0. The molecule has 218 valence electrons. The van der Waals surface area contributed by atoms with Gasteiger partial charge in [-0.25, -0.2) is 14.7 Å². The third-order valence-electron chi connectivity index (χ3n) is 8.07. The Bertz CT molecular complexity index is 1930. The van der Waals surface area contributed by atoms with Crippen molar-refractivity contribution in [3.63, 3.8) is 0 Å². The first-order valence-electron chi connectivity index (χ1n) is 14.8. The third-order valence-corrected chi connectivity index (χ3v) is 8.07. The number of amidine groups is 2. The molecule has 5 aromatic rings. The maximum absolute atomic E-state index is 11.9. The molecule has 9 heteroatoms. The summed E-state index contributed by atoms with van der Waals surface area (Å²) in [6.07, 6.45) is 3.35. The zero-order chi connectivity index (χ0) is 30.2. The van der Waals surface area contributed by atoms with E-state index in [0.717, 1.165) is 58.8 Å². The second-order valence-electron chi connectivity index (χ2n) is 11.0. The highest BCUT2D eigenvalue weighted by molar-refractivity contribution is 6.51. The van der Waals surface area contributed by atoms with E-state index in [9.17, 15) is 10.1 Å². The van der Waals surface area contributed by atoms with Crippen LogP contribution in [0.5, 0.6) is 0 Å². The second kappa shape index (κ2) is 11.3. The molecule has 0 fully saturated rings. The van der Waals surface area contributed by atoms with E-state index in [4.69, 9.17) is 15.1 Å². The molecule has 2 aliphatic rings. The SMILES string of the molecule is CCCCc1ccc(NC2=Nc3ccccc3N3C2=Nc2c(c(C)nn2-c2ccccc2)[C@H]3c2cccc([N+](=O)[O-])c2)cc1. The fourth-order valence-electron chi connectivity index (χ4n) is 5.94. The topological polar surface area (TPSA) is 101 Å². The van der Waals surface area contributed by atoms with Crippen LogP contribution in [-0.4, -0.2) is 26.4 Å². The number of nitro benzene ring substituents is 1. The van der Waals surface area contributed by atoms with Crippen LogP contribution < -0.4 is 10.2 Å². The average molecular weight is 582 g/mol. The molecule has 2 aliphatic heterocycles. The van der Waals surface area contributed by atoms with E-state index in [1.165, 1.54) is 11.6 Å². The number of unbranched alkanes of at least 4 members (excludes halogenated alkanes) is 1. The largest absolute Gasteiger partial charge is 0.337 e. The molecular weight excluding hydrogens is 550 g/mol. The van der Waals surface area contributed by atoms with Crippen molar-refractivity contribution < 1.29 is 4.92 Å². The smallest absolute Gasteiger partial charge is 0.269 e. The van der Waals surface area contributed by atoms with Gasteiger partial charge in [-0.2, -0.15) is 5.10 Å². The number of fused-ring (bicyclic) bond motifs is 4. The van der Waals surface area contributed by atoms with Gasteiger partial charge in [-0.05, 0) is 67.3 Å². The monoisotopic (exact) mass is 581 g/mol. The fraction of sp³-hybridized carbons (Fsp3) is 0.171. The number of hydrogen-bond acceptors (Lipinski definition) is 7. The summed E-state index contributed by atoms with van der Waals surface area (Å²) >= 11 is 0. The van der Waals surface area contributed by atoms with E-state index < -0.39 is 6.04 Å². The van der Waals surface area contributed by atoms with Crippen LogP contribution in [0, 0.1) is 17.0 Å². The predicted octanol–water partition coefficient (Wildman–Crippen LogP) is 8.23. The Morgan fingerprint density at radius 3 is 2.45 bits per heavy atom. The van der Waals surface area contributed by atoms with Gasteiger partial charge in [0.1, 0.15) is 0 Å². The zero-order valence-corrected chi connectivity index (χ0v) is 24.5. The predicted molar refractivity (Wildman–Crippen MR) is 175 cm³/mol. The van der Waals surface area contributed by atoms with Crippen LogP contribution in [0.1, 0.15) is 48.2 Å². The van der Waals surface area contributed by atoms with Gasteiger partial charge in [0.25, 0.3) is 5.69 Å². The van der Waals surface area contributed by atoms with Gasteiger partial charge in [0.05, 0.1) is 33.7 Å². The highest BCUT2D eigenvalue weighted by atomic mass is 16.6. The van der Waals surface area contributed by atoms with Gasteiger partial charge in [-0.1, -0.05) is 67.9 Å². The van der Waals surface area contributed by atoms with Crippen LogP contribution >= 0.6 is 0 Å². The Morgan fingerprint density at radius 2 is 1.68 bits per heavy atom. The number of anilines is 2. The van der Waals surface area contributed by atoms with E-state index in [1.807, 2.05) is 72.3 Å². The van der Waals surface area contributed by atoms with Gasteiger partial charge >= 0.3 is 0 Å². The average Bonchev–Trinajstić information content (AvgIpc) is 3.39. The Balaban J connectivity index is 1.43. The van der Waals surface area contributed by atoms with E-state index in [-0.39, 0.29) is 10.6 Å². The number of rotatable bonds is 7. The van der Waals surface area contributed by atoms with Crippen molar-refractivity contribution >= 4 is 40.2 Å². The number of aliphatic imine (C=N–C) groups is 2. The summed E-state index contributed by atoms with van der Waals surface area (Å²) in [5.41, 5.74) is 7.18. The van der Waals surface area contributed by atoms with Crippen LogP contribution in [0.15, 0.2) is 113 Å². The quantitative estimate of drug-likeness (QED) is 0.154. The molecule has 0 unspecified atom stereocenters. The van der Waals surface area contributed by atoms with Crippen LogP contribution in [-0.2, 0) is 6.42 Å². The lowest BCUT2D eigenvalue weighted by atomic mass is 9.93. The molecule has 44 heavy (non-hydrogen) atoms. The Kier molecular flexibility index (Phi) is 6.98. The van der Waals surface area contributed by atoms with Crippen molar-refractivity contribution in [1.82, 2.24) is 9.78 Å². The van der Waals surface area contributed by atoms with Crippen molar-refractivity contribution in [2.45, 2.75) is 39.2 Å². The number of nitrogens with zero attached hydrogens (tertiary/aromatic N) is 6. The van der Waals surface area contributed by atoms with Gasteiger partial charge in [0.15, 0.2) is 17.5 Å². The summed E-state index contributed by atoms with van der Waals surface area (Å²) in [4.78, 5) is 23.9. The minimum Gasteiger partial charge on any atom is -0.337 e. The highest BCUT2D eigenvalue weighted by Gasteiger charge is 2.41. The van der Waals surface area contributed by atoms with E-state index in [1.54, 1.807) is 12.1 Å². The van der Waals surface area contributed by atoms with Crippen molar-refractivity contribution in [3.05, 3.63) is 136 Å². The molecule has 0 bridgehead atoms. The molecule has 0 saturated carbocycles. The van der Waals surface area contributed by atoms with Crippen LogP contribution in [0.4, 0.5) is 28.6 Å². The van der Waals surface area contributed by atoms with Crippen LogP contribution in [0.2, 0.25) is 0 Å². The van der Waals surface area contributed by atoms with Gasteiger partial charge in [0.2, 0.25) is 0 Å². The molecule has 0 radical (unpaired) electrons. The van der Waals surface area contributed by atoms with Gasteiger partial charge in [0, 0.05) is 23.4 Å². The van der Waals surface area contributed by atoms with Crippen molar-refractivity contribution in [3.8, 4) is 5.69 Å². The number of non-ortho nitro benzene ring substituents is 1. The maximum Gasteiger partial charge on any atom is 0.269 e. The maximum atomic E-state index is 11.9. The Morgan fingerprint density at radius 1 is 0.909 bits per heavy atom. The minimum atomic E-state index is -0.445. The Hall–Kier alpha value is -5.57. The zero-order valence-electron chi connectivity index (χ0n) is 24.5. The van der Waals surface area contributed by atoms with E-state index >= 15 is 0 Å². The number of hydrogen-bond donors (Lipinski definition) is 1. The number of para-hydroxylation sites is 3. The van der Waals surface area contributed by atoms with Gasteiger partial charge in [-0.3, -0.25) is 10.1 Å². The summed E-state index contributed by atoms with van der Waals surface area (Å²) in [6.45, 7) is 4.16. The summed E-state index contributed by atoms with van der Waals surface area (Å²) in [5.74, 6) is 1.87. The standard InChI is InChI=1S/C35H31N7O2/c1-3-4-11-24-18-20-26(21-19-24)36-33-35-38-34-31(23(2)39-41(34)27-13-6-5-7-14-27)32(25-12-10-15-28(22-25)42(43)44)40(35)30-17-9-8-16-29(30)37-33/h5-10,12-22,32H,3-4,11H2,1-2H3,(H,36,37)/t32-/m1/s1. The summed E-state index contributed by atoms with van der Waals surface area (Å²) in [5, 5.41) is 20.4. The Labute approximate surface area is 255 Å². The van der Waals surface area contributed by atoms with Crippen molar-refractivity contribution in [1.29, 1.82) is 0 Å². The highest BCUT2D eigenvalue weighted by Crippen LogP contribution is 2.48. The molecule has 0 aliphatic carbocycles. The number of benzene rings is 4. The number of aryl methyl sites for hydroxylation is 2. The van der Waals surface area contributed by atoms with E-state index in [0.29, 0.717) is 17.5 Å². The second-order valence-corrected chi connectivity index (χ2v) is 11.0. The molecule has 3 heterocycles. The van der Waals surface area contributed by atoms with Crippen LogP contribution in [0.3, 0.4) is 0 Å². The number of nitro groups is 1. The molecule has 7 rings (SSSR count). The fourth-order valence-corrected chi connectivity index (χ4v) is 5.94.